The predicted molar refractivity (Wildman–Crippen MR) is 45.1 cm³/mol. The third-order valence-electron chi connectivity index (χ3n) is 2.32. The molecule has 1 rings (SSSR count). The van der Waals surface area contributed by atoms with Crippen molar-refractivity contribution < 1.29 is 0 Å². The first kappa shape index (κ1) is 8.06. The van der Waals surface area contributed by atoms with E-state index < -0.39 is 0 Å². The second-order valence-corrected chi connectivity index (χ2v) is 4.19. The molecule has 0 spiro atoms. The standard InChI is InChI=1S/C9H19N/c1-8(2)7-9(3)5-4-6-10-9/h8,10H,4-7H2,1-3H3/t9-/m0/s1. The van der Waals surface area contributed by atoms with E-state index in [4.69, 9.17) is 0 Å². The van der Waals surface area contributed by atoms with Crippen LogP contribution in [0.4, 0.5) is 0 Å². The van der Waals surface area contributed by atoms with E-state index >= 15 is 0 Å². The molecule has 0 saturated carbocycles. The topological polar surface area (TPSA) is 12.0 Å². The van der Waals surface area contributed by atoms with Gasteiger partial charge in [-0.25, -0.2) is 0 Å². The van der Waals surface area contributed by atoms with Gasteiger partial charge in [0.05, 0.1) is 0 Å². The van der Waals surface area contributed by atoms with Crippen LogP contribution in [0.25, 0.3) is 0 Å². The molecule has 1 fully saturated rings. The Hall–Kier alpha value is -0.0400. The fourth-order valence-corrected chi connectivity index (χ4v) is 2.03. The van der Waals surface area contributed by atoms with Crippen LogP contribution in [0.1, 0.15) is 40.0 Å². The Balaban J connectivity index is 2.36. The summed E-state index contributed by atoms with van der Waals surface area (Å²) in [6.07, 6.45) is 4.06. The number of nitrogens with one attached hydrogen (secondary N) is 1. The maximum Gasteiger partial charge on any atom is 0.0156 e. The van der Waals surface area contributed by atoms with Crippen molar-refractivity contribution in [2.75, 3.05) is 6.54 Å². The maximum absolute atomic E-state index is 3.56. The highest BCUT2D eigenvalue weighted by Gasteiger charge is 2.28. The van der Waals surface area contributed by atoms with Gasteiger partial charge in [-0.15, -0.1) is 0 Å². The van der Waals surface area contributed by atoms with Gasteiger partial charge in [0.1, 0.15) is 0 Å². The SMILES string of the molecule is CC(C)C[C@]1(C)CCCN1. The van der Waals surface area contributed by atoms with E-state index in [0.717, 1.165) is 5.92 Å². The zero-order valence-electron chi connectivity index (χ0n) is 7.41. The van der Waals surface area contributed by atoms with E-state index in [1.54, 1.807) is 0 Å². The van der Waals surface area contributed by atoms with Crippen molar-refractivity contribution >= 4 is 0 Å². The summed E-state index contributed by atoms with van der Waals surface area (Å²) in [4.78, 5) is 0. The van der Waals surface area contributed by atoms with Gasteiger partial charge in [0.15, 0.2) is 0 Å². The summed E-state index contributed by atoms with van der Waals surface area (Å²) in [6.45, 7) is 8.17. The average Bonchev–Trinajstić information content (AvgIpc) is 2.12. The van der Waals surface area contributed by atoms with Crippen molar-refractivity contribution in [1.82, 2.24) is 5.32 Å². The van der Waals surface area contributed by atoms with Gasteiger partial charge in [-0.05, 0) is 38.6 Å². The third kappa shape index (κ3) is 1.98. The number of hydrogen-bond acceptors (Lipinski definition) is 1. The molecule has 0 unspecified atom stereocenters. The molecule has 1 N–H and O–H groups in total. The summed E-state index contributed by atoms with van der Waals surface area (Å²) in [5, 5.41) is 3.56. The molecule has 1 aliphatic rings. The molecule has 1 heteroatoms. The van der Waals surface area contributed by atoms with Crippen molar-refractivity contribution in [3.8, 4) is 0 Å². The zero-order chi connectivity index (χ0) is 7.61. The van der Waals surface area contributed by atoms with Gasteiger partial charge in [0.25, 0.3) is 0 Å². The smallest absolute Gasteiger partial charge is 0.0156 e. The van der Waals surface area contributed by atoms with Crippen LogP contribution in [0.3, 0.4) is 0 Å². The van der Waals surface area contributed by atoms with E-state index in [1.165, 1.54) is 25.8 Å². The Morgan fingerprint density at radius 2 is 2.20 bits per heavy atom. The normalized spacial score (nSPS) is 33.6. The molecule has 1 saturated heterocycles. The van der Waals surface area contributed by atoms with Crippen LogP contribution in [0.5, 0.6) is 0 Å². The quantitative estimate of drug-likeness (QED) is 0.621. The summed E-state index contributed by atoms with van der Waals surface area (Å²) < 4.78 is 0. The lowest BCUT2D eigenvalue weighted by molar-refractivity contribution is 0.333. The van der Waals surface area contributed by atoms with Gasteiger partial charge in [0.2, 0.25) is 0 Å². The van der Waals surface area contributed by atoms with Crippen LogP contribution >= 0.6 is 0 Å². The molecule has 0 aromatic heterocycles. The zero-order valence-corrected chi connectivity index (χ0v) is 7.41. The molecule has 0 amide bonds. The van der Waals surface area contributed by atoms with Gasteiger partial charge in [-0.3, -0.25) is 0 Å². The van der Waals surface area contributed by atoms with Crippen molar-refractivity contribution in [3.63, 3.8) is 0 Å². The average molecular weight is 141 g/mol. The van der Waals surface area contributed by atoms with Crippen LogP contribution in [0, 0.1) is 5.92 Å². The summed E-state index contributed by atoms with van der Waals surface area (Å²) in [7, 11) is 0. The van der Waals surface area contributed by atoms with Gasteiger partial charge in [0, 0.05) is 5.54 Å². The van der Waals surface area contributed by atoms with E-state index in [9.17, 15) is 0 Å². The molecule has 0 aromatic rings. The lowest BCUT2D eigenvalue weighted by Gasteiger charge is -2.26. The van der Waals surface area contributed by atoms with Crippen LogP contribution < -0.4 is 5.32 Å². The Bertz CT molecular complexity index is 101. The second-order valence-electron chi connectivity index (χ2n) is 4.19. The van der Waals surface area contributed by atoms with Crippen molar-refractivity contribution in [2.45, 2.75) is 45.6 Å². The summed E-state index contributed by atoms with van der Waals surface area (Å²) in [5.41, 5.74) is 0.466. The molecule has 1 nitrogen and oxygen atoms in total. The Morgan fingerprint density at radius 3 is 2.60 bits per heavy atom. The molecule has 0 bridgehead atoms. The summed E-state index contributed by atoms with van der Waals surface area (Å²) in [5.74, 6) is 0.829. The molecule has 1 heterocycles. The van der Waals surface area contributed by atoms with Crippen molar-refractivity contribution in [1.29, 1.82) is 0 Å². The van der Waals surface area contributed by atoms with Crippen molar-refractivity contribution in [3.05, 3.63) is 0 Å². The fourth-order valence-electron chi connectivity index (χ4n) is 2.03. The number of rotatable bonds is 2. The van der Waals surface area contributed by atoms with E-state index in [0.29, 0.717) is 5.54 Å². The van der Waals surface area contributed by atoms with Crippen LogP contribution in [0.2, 0.25) is 0 Å². The first-order chi connectivity index (χ1) is 4.62. The molecule has 0 aliphatic carbocycles. The van der Waals surface area contributed by atoms with Gasteiger partial charge in [-0.1, -0.05) is 13.8 Å². The molecule has 10 heavy (non-hydrogen) atoms. The first-order valence-electron chi connectivity index (χ1n) is 4.37. The molecular weight excluding hydrogens is 122 g/mol. The summed E-state index contributed by atoms with van der Waals surface area (Å²) >= 11 is 0. The van der Waals surface area contributed by atoms with Gasteiger partial charge >= 0.3 is 0 Å². The van der Waals surface area contributed by atoms with Crippen LogP contribution in [0.15, 0.2) is 0 Å². The lowest BCUT2D eigenvalue weighted by atomic mass is 9.90. The minimum atomic E-state index is 0.466. The molecule has 60 valence electrons. The second kappa shape index (κ2) is 2.91. The van der Waals surface area contributed by atoms with Crippen molar-refractivity contribution in [2.24, 2.45) is 5.92 Å². The lowest BCUT2D eigenvalue weighted by Crippen LogP contribution is -2.37. The van der Waals surface area contributed by atoms with Crippen LogP contribution in [-0.2, 0) is 0 Å². The predicted octanol–water partition coefficient (Wildman–Crippen LogP) is 2.17. The van der Waals surface area contributed by atoms with E-state index in [1.807, 2.05) is 0 Å². The highest BCUT2D eigenvalue weighted by atomic mass is 15.0. The van der Waals surface area contributed by atoms with Crippen LogP contribution in [-0.4, -0.2) is 12.1 Å². The highest BCUT2D eigenvalue weighted by Crippen LogP contribution is 2.25. The minimum absolute atomic E-state index is 0.466. The molecule has 1 atom stereocenters. The van der Waals surface area contributed by atoms with E-state index in [-0.39, 0.29) is 0 Å². The Kier molecular flexibility index (Phi) is 2.35. The molecule has 0 aromatic carbocycles. The Morgan fingerprint density at radius 1 is 1.50 bits per heavy atom. The van der Waals surface area contributed by atoms with E-state index in [2.05, 4.69) is 26.1 Å². The highest BCUT2D eigenvalue weighted by molar-refractivity contribution is 4.88. The van der Waals surface area contributed by atoms with Gasteiger partial charge in [-0.2, -0.15) is 0 Å². The first-order valence-corrected chi connectivity index (χ1v) is 4.37. The third-order valence-corrected chi connectivity index (χ3v) is 2.32. The fraction of sp³-hybridized carbons (Fsp3) is 1.00. The molecule has 1 aliphatic heterocycles. The van der Waals surface area contributed by atoms with Gasteiger partial charge < -0.3 is 5.32 Å². The summed E-state index contributed by atoms with van der Waals surface area (Å²) in [6, 6.07) is 0. The number of hydrogen-bond donors (Lipinski definition) is 1. The molecular formula is C9H19N. The molecule has 0 radical (unpaired) electrons. The maximum atomic E-state index is 3.56. The minimum Gasteiger partial charge on any atom is -0.312 e. The Labute approximate surface area is 64.2 Å². The largest absolute Gasteiger partial charge is 0.312 e. The monoisotopic (exact) mass is 141 g/mol.